The van der Waals surface area contributed by atoms with Crippen LogP contribution in [0.5, 0.6) is 0 Å². The number of hydrogen-bond donors (Lipinski definition) is 0. The highest BCUT2D eigenvalue weighted by Crippen LogP contribution is 2.27. The van der Waals surface area contributed by atoms with Crippen LogP contribution in [-0.4, -0.2) is 48.6 Å². The molecule has 130 valence electrons. The summed E-state index contributed by atoms with van der Waals surface area (Å²) in [4.78, 5) is 4.01. The third-order valence-corrected chi connectivity index (χ3v) is 6.31. The van der Waals surface area contributed by atoms with E-state index in [1.807, 2.05) is 18.2 Å². The topological polar surface area (TPSA) is 64.4 Å². The van der Waals surface area contributed by atoms with Crippen molar-refractivity contribution >= 4 is 10.0 Å². The molecule has 0 amide bonds. The second kappa shape index (κ2) is 7.04. The zero-order valence-electron chi connectivity index (χ0n) is 14.0. The summed E-state index contributed by atoms with van der Waals surface area (Å²) in [6.07, 6.45) is 4.62. The van der Waals surface area contributed by atoms with Gasteiger partial charge in [-0.15, -0.1) is 0 Å². The Kier molecular flexibility index (Phi) is 5.03. The first-order valence-corrected chi connectivity index (χ1v) is 9.49. The fourth-order valence-electron chi connectivity index (χ4n) is 3.27. The summed E-state index contributed by atoms with van der Waals surface area (Å²) in [5, 5.41) is 0.110. The van der Waals surface area contributed by atoms with E-state index in [1.54, 1.807) is 29.2 Å². The predicted octanol–water partition coefficient (Wildman–Crippen LogP) is 1.69. The number of aromatic nitrogens is 2. The number of imidazole rings is 1. The maximum absolute atomic E-state index is 12.8. The monoisotopic (exact) mass is 349 g/mol. The summed E-state index contributed by atoms with van der Waals surface area (Å²) in [7, 11) is -0.0870. The molecular formula is C17H23N3O3S. The quantitative estimate of drug-likeness (QED) is 0.824. The summed E-state index contributed by atoms with van der Waals surface area (Å²) in [5.41, 5.74) is 1.20. The van der Waals surface area contributed by atoms with Crippen molar-refractivity contribution in [2.24, 2.45) is 13.0 Å². The van der Waals surface area contributed by atoms with Gasteiger partial charge in [-0.1, -0.05) is 30.3 Å². The van der Waals surface area contributed by atoms with Crippen LogP contribution < -0.4 is 0 Å². The zero-order valence-corrected chi connectivity index (χ0v) is 14.8. The van der Waals surface area contributed by atoms with Gasteiger partial charge in [-0.2, -0.15) is 4.31 Å². The molecule has 2 heterocycles. The Morgan fingerprint density at radius 1 is 1.29 bits per heavy atom. The Bertz CT molecular complexity index is 773. The third kappa shape index (κ3) is 3.53. The molecule has 0 saturated carbocycles. The molecule has 7 heteroatoms. The number of aryl methyl sites for hydroxylation is 1. The van der Waals surface area contributed by atoms with Crippen molar-refractivity contribution in [2.45, 2.75) is 24.0 Å². The summed E-state index contributed by atoms with van der Waals surface area (Å²) in [6, 6.07) is 10.1. The van der Waals surface area contributed by atoms with Crippen LogP contribution in [0.2, 0.25) is 0 Å². The first kappa shape index (κ1) is 17.1. The van der Waals surface area contributed by atoms with E-state index < -0.39 is 10.0 Å². The normalized spacial score (nSPS) is 22.6. The highest BCUT2D eigenvalue weighted by atomic mass is 32.2. The molecule has 1 aliphatic heterocycles. The molecule has 0 bridgehead atoms. The molecule has 2 aromatic rings. The second-order valence-corrected chi connectivity index (χ2v) is 8.14. The molecule has 0 N–H and O–H groups in total. The van der Waals surface area contributed by atoms with E-state index in [9.17, 15) is 8.42 Å². The van der Waals surface area contributed by atoms with Gasteiger partial charge in [0.1, 0.15) is 0 Å². The van der Waals surface area contributed by atoms with E-state index in [0.29, 0.717) is 19.5 Å². The van der Waals surface area contributed by atoms with Gasteiger partial charge in [-0.3, -0.25) is 0 Å². The summed E-state index contributed by atoms with van der Waals surface area (Å²) in [6.45, 7) is 0.912. The molecular weight excluding hydrogens is 326 g/mol. The lowest BCUT2D eigenvalue weighted by Gasteiger charge is -2.36. The fraction of sp³-hybridized carbons (Fsp3) is 0.471. The Balaban J connectivity index is 1.79. The van der Waals surface area contributed by atoms with Gasteiger partial charge in [0.15, 0.2) is 5.03 Å². The van der Waals surface area contributed by atoms with E-state index >= 15 is 0 Å². The van der Waals surface area contributed by atoms with Crippen molar-refractivity contribution in [2.75, 3.05) is 20.2 Å². The number of ether oxygens (including phenoxy) is 1. The lowest BCUT2D eigenvalue weighted by atomic mass is 9.89. The predicted molar refractivity (Wildman–Crippen MR) is 91.0 cm³/mol. The molecule has 0 aliphatic carbocycles. The van der Waals surface area contributed by atoms with Crippen LogP contribution in [0.25, 0.3) is 0 Å². The molecule has 1 aromatic heterocycles. The van der Waals surface area contributed by atoms with Gasteiger partial charge in [0.25, 0.3) is 10.0 Å². The molecule has 1 saturated heterocycles. The maximum Gasteiger partial charge on any atom is 0.262 e. The number of sulfonamides is 1. The van der Waals surface area contributed by atoms with Crippen LogP contribution in [0.15, 0.2) is 47.9 Å². The van der Waals surface area contributed by atoms with Gasteiger partial charge in [-0.25, -0.2) is 13.4 Å². The average molecular weight is 349 g/mol. The van der Waals surface area contributed by atoms with Gasteiger partial charge < -0.3 is 9.30 Å². The van der Waals surface area contributed by atoms with Gasteiger partial charge in [0, 0.05) is 39.4 Å². The number of benzene rings is 1. The summed E-state index contributed by atoms with van der Waals surface area (Å²) in [5.74, 6) is 0.129. The molecule has 0 unspecified atom stereocenters. The van der Waals surface area contributed by atoms with Gasteiger partial charge in [0.05, 0.1) is 12.4 Å². The first-order chi connectivity index (χ1) is 11.5. The molecule has 3 rings (SSSR count). The minimum atomic E-state index is -3.55. The number of piperidine rings is 1. The van der Waals surface area contributed by atoms with Crippen LogP contribution in [0.4, 0.5) is 0 Å². The second-order valence-electron chi connectivity index (χ2n) is 6.25. The highest BCUT2D eigenvalue weighted by Gasteiger charge is 2.36. The molecule has 0 spiro atoms. The smallest absolute Gasteiger partial charge is 0.262 e. The van der Waals surface area contributed by atoms with Crippen LogP contribution in [0, 0.1) is 5.92 Å². The fourth-order valence-corrected chi connectivity index (χ4v) is 4.75. The Hall–Kier alpha value is -1.70. The maximum atomic E-state index is 12.8. The first-order valence-electron chi connectivity index (χ1n) is 8.05. The van der Waals surface area contributed by atoms with Crippen LogP contribution in [0.1, 0.15) is 12.0 Å². The van der Waals surface area contributed by atoms with E-state index in [0.717, 1.165) is 6.42 Å². The number of methoxy groups -OCH3 is 1. The third-order valence-electron chi connectivity index (χ3n) is 4.56. The van der Waals surface area contributed by atoms with Gasteiger partial charge in [0.2, 0.25) is 0 Å². The Morgan fingerprint density at radius 3 is 2.67 bits per heavy atom. The molecule has 24 heavy (non-hydrogen) atoms. The lowest BCUT2D eigenvalue weighted by Crippen LogP contribution is -2.47. The number of rotatable bonds is 5. The molecule has 0 radical (unpaired) electrons. The molecule has 2 atom stereocenters. The number of nitrogens with zero attached hydrogens (tertiary/aromatic N) is 3. The van der Waals surface area contributed by atoms with E-state index in [4.69, 9.17) is 4.74 Å². The van der Waals surface area contributed by atoms with Crippen molar-refractivity contribution in [3.63, 3.8) is 0 Å². The Labute approximate surface area is 143 Å². The van der Waals surface area contributed by atoms with Crippen molar-refractivity contribution < 1.29 is 13.2 Å². The summed E-state index contributed by atoms with van der Waals surface area (Å²) >= 11 is 0. The average Bonchev–Trinajstić information content (AvgIpc) is 3.03. The number of hydrogen-bond acceptors (Lipinski definition) is 4. The SMILES string of the molecule is CO[C@@H]1CCN(S(=O)(=O)c2cn(C)cn2)C[C@@H]1Cc1ccccc1. The van der Waals surface area contributed by atoms with E-state index in [-0.39, 0.29) is 17.0 Å². The van der Waals surface area contributed by atoms with Crippen LogP contribution in [-0.2, 0) is 28.2 Å². The van der Waals surface area contributed by atoms with Crippen molar-refractivity contribution in [3.8, 4) is 0 Å². The molecule has 1 aliphatic rings. The summed E-state index contributed by atoms with van der Waals surface area (Å²) < 4.78 is 34.4. The van der Waals surface area contributed by atoms with E-state index in [2.05, 4.69) is 17.1 Å². The van der Waals surface area contributed by atoms with Gasteiger partial charge >= 0.3 is 0 Å². The Morgan fingerprint density at radius 2 is 2.04 bits per heavy atom. The van der Waals surface area contributed by atoms with Crippen LogP contribution in [0.3, 0.4) is 0 Å². The largest absolute Gasteiger partial charge is 0.381 e. The highest BCUT2D eigenvalue weighted by molar-refractivity contribution is 7.89. The van der Waals surface area contributed by atoms with Crippen molar-refractivity contribution in [1.29, 1.82) is 0 Å². The van der Waals surface area contributed by atoms with E-state index in [1.165, 1.54) is 11.9 Å². The van der Waals surface area contributed by atoms with Crippen LogP contribution >= 0.6 is 0 Å². The van der Waals surface area contributed by atoms with Gasteiger partial charge in [-0.05, 0) is 18.4 Å². The van der Waals surface area contributed by atoms with Crippen molar-refractivity contribution in [3.05, 3.63) is 48.4 Å². The minimum absolute atomic E-state index is 0.0698. The minimum Gasteiger partial charge on any atom is -0.381 e. The molecule has 1 aromatic carbocycles. The molecule has 1 fully saturated rings. The zero-order chi connectivity index (χ0) is 17.2. The van der Waals surface area contributed by atoms with Crippen molar-refractivity contribution in [1.82, 2.24) is 13.9 Å². The molecule has 6 nitrogen and oxygen atoms in total. The standard InChI is InChI=1S/C17H23N3O3S/c1-19-12-17(18-13-19)24(21,22)20-9-8-16(23-2)15(11-20)10-14-6-4-3-5-7-14/h3-7,12-13,15-16H,8-11H2,1-2H3/t15-,16+/m0/s1. The lowest BCUT2D eigenvalue weighted by molar-refractivity contribution is 0.0130.